The molecule has 1 aromatic carbocycles. The molecule has 7 nitrogen and oxygen atoms in total. The Morgan fingerprint density at radius 3 is 2.07 bits per heavy atom. The van der Waals surface area contributed by atoms with Crippen LogP contribution in [-0.2, 0) is 19.5 Å². The molecular weight excluding hydrogens is 342 g/mol. The first-order chi connectivity index (χ1) is 13.2. The molecule has 0 N–H and O–H groups in total. The highest BCUT2D eigenvalue weighted by molar-refractivity contribution is 5.17. The molecule has 0 aliphatic carbocycles. The van der Waals surface area contributed by atoms with Crippen molar-refractivity contribution < 1.29 is 8.83 Å². The summed E-state index contributed by atoms with van der Waals surface area (Å²) in [5.74, 6) is 3.07. The summed E-state index contributed by atoms with van der Waals surface area (Å²) in [6, 6.07) is 10.2. The topological polar surface area (TPSA) is 71.4 Å². The highest BCUT2D eigenvalue weighted by atomic mass is 16.4. The third-order valence-corrected chi connectivity index (χ3v) is 4.96. The van der Waals surface area contributed by atoms with Crippen molar-refractivity contribution in [3.05, 3.63) is 65.0 Å². The Hall–Kier alpha value is -2.51. The second-order valence-electron chi connectivity index (χ2n) is 7.05. The minimum Gasteiger partial charge on any atom is -0.444 e. The lowest BCUT2D eigenvalue weighted by Gasteiger charge is -2.33. The Morgan fingerprint density at radius 1 is 0.815 bits per heavy atom. The maximum Gasteiger partial charge on any atom is 0.230 e. The average Bonchev–Trinajstić information content (AvgIpc) is 3.23. The summed E-state index contributed by atoms with van der Waals surface area (Å²) in [5, 5.41) is 8.39. The zero-order chi connectivity index (χ0) is 18.6. The van der Waals surface area contributed by atoms with Crippen molar-refractivity contribution in [2.45, 2.75) is 33.4 Å². The van der Waals surface area contributed by atoms with Gasteiger partial charge in [-0.15, -0.1) is 10.2 Å². The van der Waals surface area contributed by atoms with Gasteiger partial charge in [0.05, 0.1) is 25.2 Å². The minimum atomic E-state index is 0.671. The first-order valence-electron chi connectivity index (χ1n) is 9.38. The second kappa shape index (κ2) is 8.02. The molecule has 0 radical (unpaired) electrons. The fourth-order valence-electron chi connectivity index (χ4n) is 3.29. The third kappa shape index (κ3) is 4.61. The normalized spacial score (nSPS) is 16.1. The number of aromatic nitrogens is 3. The molecule has 3 aromatic rings. The van der Waals surface area contributed by atoms with E-state index in [2.05, 4.69) is 37.1 Å². The van der Waals surface area contributed by atoms with Gasteiger partial charge in [0.1, 0.15) is 5.76 Å². The van der Waals surface area contributed by atoms with Gasteiger partial charge in [0.2, 0.25) is 17.7 Å². The summed E-state index contributed by atoms with van der Waals surface area (Å²) in [5.41, 5.74) is 2.16. The molecule has 2 aromatic heterocycles. The van der Waals surface area contributed by atoms with E-state index < -0.39 is 0 Å². The fourth-order valence-corrected chi connectivity index (χ4v) is 3.29. The molecule has 1 saturated heterocycles. The van der Waals surface area contributed by atoms with Gasteiger partial charge in [0, 0.05) is 26.2 Å². The Labute approximate surface area is 159 Å². The van der Waals surface area contributed by atoms with Crippen molar-refractivity contribution in [2.75, 3.05) is 26.2 Å². The van der Waals surface area contributed by atoms with E-state index >= 15 is 0 Å². The molecule has 0 atom stereocenters. The van der Waals surface area contributed by atoms with Gasteiger partial charge >= 0.3 is 0 Å². The van der Waals surface area contributed by atoms with Crippen LogP contribution in [0.3, 0.4) is 0 Å². The Morgan fingerprint density at radius 2 is 1.44 bits per heavy atom. The first-order valence-corrected chi connectivity index (χ1v) is 9.38. The predicted molar refractivity (Wildman–Crippen MR) is 100 cm³/mol. The molecule has 0 unspecified atom stereocenters. The van der Waals surface area contributed by atoms with E-state index in [1.807, 2.05) is 32.0 Å². The highest BCUT2D eigenvalue weighted by Crippen LogP contribution is 2.14. The molecule has 3 heterocycles. The molecule has 4 rings (SSSR count). The van der Waals surface area contributed by atoms with Crippen molar-refractivity contribution >= 4 is 0 Å². The Kier molecular flexibility index (Phi) is 5.31. The molecule has 1 aliphatic heterocycles. The van der Waals surface area contributed by atoms with Gasteiger partial charge in [0.15, 0.2) is 0 Å². The summed E-state index contributed by atoms with van der Waals surface area (Å²) in [7, 11) is 0. The van der Waals surface area contributed by atoms with Crippen LogP contribution in [0, 0.1) is 13.8 Å². The van der Waals surface area contributed by atoms with Crippen LogP contribution >= 0.6 is 0 Å². The number of hydrogen-bond acceptors (Lipinski definition) is 7. The van der Waals surface area contributed by atoms with Gasteiger partial charge in [-0.2, -0.15) is 0 Å². The van der Waals surface area contributed by atoms with Crippen LogP contribution < -0.4 is 0 Å². The summed E-state index contributed by atoms with van der Waals surface area (Å²) in [6.45, 7) is 9.30. The number of aryl methyl sites for hydroxylation is 2. The zero-order valence-electron chi connectivity index (χ0n) is 15.9. The van der Waals surface area contributed by atoms with E-state index in [0.717, 1.165) is 50.1 Å². The summed E-state index contributed by atoms with van der Waals surface area (Å²) >= 11 is 0. The van der Waals surface area contributed by atoms with E-state index in [4.69, 9.17) is 8.83 Å². The van der Waals surface area contributed by atoms with Crippen molar-refractivity contribution in [2.24, 2.45) is 0 Å². The van der Waals surface area contributed by atoms with Gasteiger partial charge in [-0.25, -0.2) is 4.98 Å². The smallest absolute Gasteiger partial charge is 0.230 e. The van der Waals surface area contributed by atoms with Crippen molar-refractivity contribution in [3.63, 3.8) is 0 Å². The summed E-state index contributed by atoms with van der Waals surface area (Å²) in [6.07, 6.45) is 0.677. The number of benzene rings is 1. The van der Waals surface area contributed by atoms with E-state index in [0.29, 0.717) is 24.7 Å². The highest BCUT2D eigenvalue weighted by Gasteiger charge is 2.20. The number of nitrogens with zero attached hydrogens (tertiary/aromatic N) is 5. The quantitative estimate of drug-likeness (QED) is 0.663. The number of piperazine rings is 1. The Bertz CT molecular complexity index is 846. The number of rotatable bonds is 6. The molecule has 1 fully saturated rings. The molecule has 0 saturated carbocycles. The second-order valence-corrected chi connectivity index (χ2v) is 7.05. The van der Waals surface area contributed by atoms with E-state index in [9.17, 15) is 0 Å². The number of oxazole rings is 1. The van der Waals surface area contributed by atoms with Gasteiger partial charge in [-0.05, 0) is 19.4 Å². The fraction of sp³-hybridized carbons (Fsp3) is 0.450. The van der Waals surface area contributed by atoms with Crippen LogP contribution in [0.4, 0.5) is 0 Å². The number of hydrogen-bond donors (Lipinski definition) is 0. The van der Waals surface area contributed by atoms with Crippen molar-refractivity contribution in [1.29, 1.82) is 0 Å². The first kappa shape index (κ1) is 17.9. The summed E-state index contributed by atoms with van der Waals surface area (Å²) < 4.78 is 11.5. The minimum absolute atomic E-state index is 0.671. The van der Waals surface area contributed by atoms with Crippen LogP contribution in [0.5, 0.6) is 0 Å². The lowest BCUT2D eigenvalue weighted by Crippen LogP contribution is -2.45. The Balaban J connectivity index is 1.25. The standard InChI is InChI=1S/C20H25N5O2/c1-15-16(2)26-19(21-15)13-24-8-10-25(11-9-24)14-20-23-22-18(27-20)12-17-6-4-3-5-7-17/h3-7H,8-14H2,1-2H3. The maximum absolute atomic E-state index is 5.83. The monoisotopic (exact) mass is 367 g/mol. The molecule has 27 heavy (non-hydrogen) atoms. The zero-order valence-corrected chi connectivity index (χ0v) is 15.9. The van der Waals surface area contributed by atoms with Crippen LogP contribution in [-0.4, -0.2) is 51.2 Å². The molecule has 0 amide bonds. The van der Waals surface area contributed by atoms with Gasteiger partial charge in [0.25, 0.3) is 0 Å². The molecule has 0 spiro atoms. The maximum atomic E-state index is 5.83. The average molecular weight is 367 g/mol. The third-order valence-electron chi connectivity index (χ3n) is 4.96. The lowest BCUT2D eigenvalue weighted by molar-refractivity contribution is 0.107. The van der Waals surface area contributed by atoms with Gasteiger partial charge in [-0.1, -0.05) is 30.3 Å². The van der Waals surface area contributed by atoms with E-state index in [1.54, 1.807) is 0 Å². The van der Waals surface area contributed by atoms with Gasteiger partial charge < -0.3 is 8.83 Å². The van der Waals surface area contributed by atoms with Crippen LogP contribution in [0.2, 0.25) is 0 Å². The lowest BCUT2D eigenvalue weighted by atomic mass is 10.2. The van der Waals surface area contributed by atoms with Crippen LogP contribution in [0.1, 0.15) is 34.7 Å². The van der Waals surface area contributed by atoms with Crippen molar-refractivity contribution in [3.8, 4) is 0 Å². The SMILES string of the molecule is Cc1nc(CN2CCN(Cc3nnc(Cc4ccccc4)o3)CC2)oc1C. The van der Waals surface area contributed by atoms with Crippen LogP contribution in [0.25, 0.3) is 0 Å². The molecular formula is C20H25N5O2. The molecule has 142 valence electrons. The largest absolute Gasteiger partial charge is 0.444 e. The van der Waals surface area contributed by atoms with Crippen LogP contribution in [0.15, 0.2) is 39.2 Å². The molecule has 7 heteroatoms. The predicted octanol–water partition coefficient (Wildman–Crippen LogP) is 2.58. The molecule has 1 aliphatic rings. The van der Waals surface area contributed by atoms with Crippen molar-refractivity contribution in [1.82, 2.24) is 25.0 Å². The molecule has 0 bridgehead atoms. The summed E-state index contributed by atoms with van der Waals surface area (Å²) in [4.78, 5) is 9.19. The van der Waals surface area contributed by atoms with E-state index in [1.165, 1.54) is 5.56 Å². The van der Waals surface area contributed by atoms with E-state index in [-0.39, 0.29) is 0 Å². The van der Waals surface area contributed by atoms with Gasteiger partial charge in [-0.3, -0.25) is 9.80 Å².